The normalized spacial score (nSPS) is 9.79. The molecule has 0 saturated carbocycles. The summed E-state index contributed by atoms with van der Waals surface area (Å²) in [5.41, 5.74) is 1.41. The zero-order chi connectivity index (χ0) is 13.8. The topological polar surface area (TPSA) is 73.6 Å². The van der Waals surface area contributed by atoms with Gasteiger partial charge in [-0.15, -0.1) is 0 Å². The maximum atomic E-state index is 8.83. The van der Waals surface area contributed by atoms with Gasteiger partial charge < -0.3 is 10.6 Å². The predicted molar refractivity (Wildman–Crippen MR) is 81.4 cm³/mol. The van der Waals surface area contributed by atoms with Gasteiger partial charge in [-0.1, -0.05) is 0 Å². The molecule has 7 heteroatoms. The molecule has 0 radical (unpaired) electrons. The minimum Gasteiger partial charge on any atom is -0.372 e. The van der Waals surface area contributed by atoms with Crippen LogP contribution in [-0.4, -0.2) is 17.0 Å². The second kappa shape index (κ2) is 5.99. The highest BCUT2D eigenvalue weighted by Crippen LogP contribution is 2.31. The van der Waals surface area contributed by atoms with Crippen molar-refractivity contribution < 1.29 is 0 Å². The minimum absolute atomic E-state index is 0.593. The maximum absolute atomic E-state index is 8.83. The Hall–Kier alpha value is -1.65. The van der Waals surface area contributed by atoms with Gasteiger partial charge in [0.1, 0.15) is 22.4 Å². The summed E-state index contributed by atoms with van der Waals surface area (Å²) in [6.45, 7) is 0. The summed E-state index contributed by atoms with van der Waals surface area (Å²) >= 11 is 6.85. The summed E-state index contributed by atoms with van der Waals surface area (Å²) in [5.74, 6) is 1.34. The quantitative estimate of drug-likeness (QED) is 0.847. The molecule has 5 nitrogen and oxygen atoms in total. The minimum atomic E-state index is 0.593. The van der Waals surface area contributed by atoms with Crippen LogP contribution in [0.4, 0.5) is 17.3 Å². The molecule has 0 saturated heterocycles. The first kappa shape index (κ1) is 13.8. The smallest absolute Gasteiger partial charge is 0.150 e. The fraction of sp³-hybridized carbons (Fsp3) is 0.0833. The number of hydrogen-bond donors (Lipinski definition) is 2. The largest absolute Gasteiger partial charge is 0.372 e. The number of anilines is 3. The molecule has 1 heterocycles. The van der Waals surface area contributed by atoms with Crippen molar-refractivity contribution in [2.45, 2.75) is 0 Å². The molecule has 0 fully saturated rings. The molecule has 0 amide bonds. The molecule has 0 unspecified atom stereocenters. The lowest BCUT2D eigenvalue weighted by Gasteiger charge is -2.11. The Kier molecular flexibility index (Phi) is 4.35. The summed E-state index contributed by atoms with van der Waals surface area (Å²) in [7, 11) is 1.79. The van der Waals surface area contributed by atoms with Crippen molar-refractivity contribution in [3.05, 3.63) is 39.0 Å². The van der Waals surface area contributed by atoms with Crippen LogP contribution in [0.15, 0.2) is 33.5 Å². The van der Waals surface area contributed by atoms with Crippen LogP contribution < -0.4 is 10.6 Å². The van der Waals surface area contributed by atoms with E-state index in [1.54, 1.807) is 19.2 Å². The maximum Gasteiger partial charge on any atom is 0.150 e. The molecule has 0 aliphatic rings. The summed E-state index contributed by atoms with van der Waals surface area (Å²) in [6.07, 6.45) is 1.47. The van der Waals surface area contributed by atoms with E-state index >= 15 is 0 Å². The van der Waals surface area contributed by atoms with Crippen LogP contribution in [0.5, 0.6) is 0 Å². The van der Waals surface area contributed by atoms with Crippen molar-refractivity contribution in [2.24, 2.45) is 0 Å². The molecule has 0 bridgehead atoms. The second-order valence-electron chi connectivity index (χ2n) is 3.57. The van der Waals surface area contributed by atoms with Crippen molar-refractivity contribution in [3.8, 4) is 6.07 Å². The second-order valence-corrected chi connectivity index (χ2v) is 5.21. The first-order chi connectivity index (χ1) is 9.15. The van der Waals surface area contributed by atoms with Gasteiger partial charge in [0, 0.05) is 11.5 Å². The van der Waals surface area contributed by atoms with Gasteiger partial charge in [0.05, 0.1) is 17.3 Å². The van der Waals surface area contributed by atoms with Crippen molar-refractivity contribution in [1.82, 2.24) is 9.97 Å². The SMILES string of the molecule is CNc1ncnc(Nc2ccc(C#N)cc2Br)c1Br. The lowest BCUT2D eigenvalue weighted by atomic mass is 10.2. The fourth-order valence-corrected chi connectivity index (χ4v) is 2.42. The molecular weight excluding hydrogens is 374 g/mol. The molecular formula is C12H9Br2N5. The average molecular weight is 383 g/mol. The predicted octanol–water partition coefficient (Wildman–Crippen LogP) is 3.66. The standard InChI is InChI=1S/C12H9Br2N5/c1-16-11-10(14)12(18-6-17-11)19-9-3-2-7(5-15)4-8(9)13/h2-4,6H,1H3,(H2,16,17,18,19). The number of rotatable bonds is 3. The van der Waals surface area contributed by atoms with E-state index in [0.29, 0.717) is 17.2 Å². The highest BCUT2D eigenvalue weighted by molar-refractivity contribution is 9.11. The Morgan fingerprint density at radius 3 is 2.58 bits per heavy atom. The first-order valence-electron chi connectivity index (χ1n) is 5.30. The molecule has 0 spiro atoms. The zero-order valence-corrected chi connectivity index (χ0v) is 13.1. The molecule has 19 heavy (non-hydrogen) atoms. The highest BCUT2D eigenvalue weighted by Gasteiger charge is 2.09. The van der Waals surface area contributed by atoms with Gasteiger partial charge >= 0.3 is 0 Å². The Balaban J connectivity index is 2.34. The third-order valence-electron chi connectivity index (χ3n) is 2.38. The Bertz CT molecular complexity index is 651. The van der Waals surface area contributed by atoms with E-state index in [1.165, 1.54) is 6.33 Å². The molecule has 2 aromatic rings. The number of nitriles is 1. The highest BCUT2D eigenvalue weighted by atomic mass is 79.9. The van der Waals surface area contributed by atoms with Gasteiger partial charge in [0.15, 0.2) is 0 Å². The van der Waals surface area contributed by atoms with Gasteiger partial charge in [0.2, 0.25) is 0 Å². The molecule has 96 valence electrons. The van der Waals surface area contributed by atoms with E-state index < -0.39 is 0 Å². The lowest BCUT2D eigenvalue weighted by Crippen LogP contribution is -2.01. The first-order valence-corrected chi connectivity index (χ1v) is 6.89. The summed E-state index contributed by atoms with van der Waals surface area (Å²) in [6, 6.07) is 7.39. The van der Waals surface area contributed by atoms with Crippen LogP contribution in [-0.2, 0) is 0 Å². The van der Waals surface area contributed by atoms with E-state index in [2.05, 4.69) is 58.5 Å². The summed E-state index contributed by atoms with van der Waals surface area (Å²) in [4.78, 5) is 8.26. The third kappa shape index (κ3) is 3.03. The van der Waals surface area contributed by atoms with Gasteiger partial charge in [-0.25, -0.2) is 9.97 Å². The van der Waals surface area contributed by atoms with E-state index in [4.69, 9.17) is 5.26 Å². The summed E-state index contributed by atoms with van der Waals surface area (Å²) < 4.78 is 1.54. The molecule has 0 atom stereocenters. The van der Waals surface area contributed by atoms with Crippen molar-refractivity contribution >= 4 is 49.2 Å². The molecule has 1 aromatic carbocycles. The zero-order valence-electron chi connectivity index (χ0n) is 9.91. The van der Waals surface area contributed by atoms with Crippen LogP contribution in [0.1, 0.15) is 5.56 Å². The number of aromatic nitrogens is 2. The van der Waals surface area contributed by atoms with Crippen LogP contribution in [0.3, 0.4) is 0 Å². The number of nitrogens with one attached hydrogen (secondary N) is 2. The molecule has 0 aliphatic heterocycles. The van der Waals surface area contributed by atoms with Gasteiger partial charge in [-0.05, 0) is 50.1 Å². The van der Waals surface area contributed by atoms with Crippen LogP contribution in [0, 0.1) is 11.3 Å². The van der Waals surface area contributed by atoms with E-state index in [1.807, 2.05) is 6.07 Å². The van der Waals surface area contributed by atoms with Crippen LogP contribution >= 0.6 is 31.9 Å². The number of hydrogen-bond acceptors (Lipinski definition) is 5. The Labute approximate surface area is 127 Å². The fourth-order valence-electron chi connectivity index (χ4n) is 1.44. The average Bonchev–Trinajstić information content (AvgIpc) is 2.43. The van der Waals surface area contributed by atoms with Crippen LogP contribution in [0.25, 0.3) is 0 Å². The molecule has 2 N–H and O–H groups in total. The Morgan fingerprint density at radius 1 is 1.21 bits per heavy atom. The van der Waals surface area contributed by atoms with Gasteiger partial charge in [-0.2, -0.15) is 5.26 Å². The van der Waals surface area contributed by atoms with Crippen molar-refractivity contribution in [3.63, 3.8) is 0 Å². The number of benzene rings is 1. The van der Waals surface area contributed by atoms with Crippen LogP contribution in [0.2, 0.25) is 0 Å². The molecule has 1 aromatic heterocycles. The van der Waals surface area contributed by atoms with Gasteiger partial charge in [-0.3, -0.25) is 0 Å². The van der Waals surface area contributed by atoms with E-state index in [0.717, 1.165) is 14.6 Å². The van der Waals surface area contributed by atoms with Crippen molar-refractivity contribution in [1.29, 1.82) is 5.26 Å². The van der Waals surface area contributed by atoms with E-state index in [-0.39, 0.29) is 0 Å². The monoisotopic (exact) mass is 381 g/mol. The lowest BCUT2D eigenvalue weighted by molar-refractivity contribution is 1.14. The van der Waals surface area contributed by atoms with Crippen molar-refractivity contribution in [2.75, 3.05) is 17.7 Å². The molecule has 0 aliphatic carbocycles. The number of nitrogens with zero attached hydrogens (tertiary/aromatic N) is 3. The third-order valence-corrected chi connectivity index (χ3v) is 3.78. The Morgan fingerprint density at radius 2 is 1.95 bits per heavy atom. The summed E-state index contributed by atoms with van der Waals surface area (Å²) in [5, 5.41) is 15.0. The molecule has 2 rings (SSSR count). The van der Waals surface area contributed by atoms with Gasteiger partial charge in [0.25, 0.3) is 0 Å². The van der Waals surface area contributed by atoms with E-state index in [9.17, 15) is 0 Å². The number of halogens is 2.